The van der Waals surface area contributed by atoms with Crippen LogP contribution in [0.1, 0.15) is 49.2 Å². The zero-order valence-corrected chi connectivity index (χ0v) is 13.1. The summed E-state index contributed by atoms with van der Waals surface area (Å²) in [4.78, 5) is 27.3. The summed E-state index contributed by atoms with van der Waals surface area (Å²) in [5.41, 5.74) is 7.90. The lowest BCUT2D eigenvalue weighted by Gasteiger charge is -2.10. The molecule has 2 aromatic rings. The van der Waals surface area contributed by atoms with Crippen molar-refractivity contribution in [1.82, 2.24) is 4.98 Å². The van der Waals surface area contributed by atoms with Crippen LogP contribution < -0.4 is 11.2 Å². The number of hydrogen-bond donors (Lipinski definition) is 2. The van der Waals surface area contributed by atoms with Gasteiger partial charge in [0.25, 0.3) is 0 Å². The SMILES string of the molecule is CCCCc1ccc(N)c2c(=O)cc(C(=O)OCCC)[nH]c12. The largest absolute Gasteiger partial charge is 0.461 e. The maximum atomic E-state index is 12.3. The third-order valence-corrected chi connectivity index (χ3v) is 3.56. The normalized spacial score (nSPS) is 10.8. The number of nitrogens with two attached hydrogens (primary N) is 1. The van der Waals surface area contributed by atoms with Crippen LogP contribution in [0.4, 0.5) is 5.69 Å². The van der Waals surface area contributed by atoms with E-state index >= 15 is 0 Å². The molecule has 1 aromatic carbocycles. The lowest BCUT2D eigenvalue weighted by molar-refractivity contribution is 0.0498. The van der Waals surface area contributed by atoms with Gasteiger partial charge in [-0.25, -0.2) is 4.79 Å². The molecular formula is C17H22N2O3. The Morgan fingerprint density at radius 3 is 2.73 bits per heavy atom. The van der Waals surface area contributed by atoms with Gasteiger partial charge >= 0.3 is 5.97 Å². The van der Waals surface area contributed by atoms with Gasteiger partial charge in [-0.3, -0.25) is 4.79 Å². The molecule has 0 fully saturated rings. The number of rotatable bonds is 6. The van der Waals surface area contributed by atoms with E-state index in [1.807, 2.05) is 13.0 Å². The van der Waals surface area contributed by atoms with Crippen molar-refractivity contribution in [3.05, 3.63) is 39.7 Å². The van der Waals surface area contributed by atoms with Crippen LogP contribution in [0.2, 0.25) is 0 Å². The van der Waals surface area contributed by atoms with Crippen molar-refractivity contribution >= 4 is 22.6 Å². The fourth-order valence-corrected chi connectivity index (χ4v) is 2.40. The molecule has 0 saturated carbocycles. The van der Waals surface area contributed by atoms with E-state index in [2.05, 4.69) is 11.9 Å². The highest BCUT2D eigenvalue weighted by Gasteiger charge is 2.14. The third kappa shape index (κ3) is 3.30. The molecule has 0 atom stereocenters. The Bertz CT molecular complexity index is 734. The summed E-state index contributed by atoms with van der Waals surface area (Å²) in [5, 5.41) is 0.445. The number of nitrogen functional groups attached to an aromatic ring is 1. The predicted octanol–water partition coefficient (Wildman–Crippen LogP) is 3.02. The molecule has 0 spiro atoms. The van der Waals surface area contributed by atoms with Gasteiger partial charge < -0.3 is 15.5 Å². The second-order valence-electron chi connectivity index (χ2n) is 5.35. The van der Waals surface area contributed by atoms with E-state index in [1.54, 1.807) is 6.07 Å². The fraction of sp³-hybridized carbons (Fsp3) is 0.412. The Balaban J connectivity index is 2.55. The molecule has 118 valence electrons. The van der Waals surface area contributed by atoms with Crippen molar-refractivity contribution in [3.63, 3.8) is 0 Å². The molecular weight excluding hydrogens is 280 g/mol. The molecule has 5 heteroatoms. The fourth-order valence-electron chi connectivity index (χ4n) is 2.40. The highest BCUT2D eigenvalue weighted by atomic mass is 16.5. The van der Waals surface area contributed by atoms with Crippen LogP contribution in [-0.2, 0) is 11.2 Å². The van der Waals surface area contributed by atoms with Gasteiger partial charge in [0.15, 0.2) is 5.43 Å². The number of pyridine rings is 1. The van der Waals surface area contributed by atoms with Crippen LogP contribution in [0.3, 0.4) is 0 Å². The van der Waals surface area contributed by atoms with Gasteiger partial charge in [-0.1, -0.05) is 26.3 Å². The van der Waals surface area contributed by atoms with Gasteiger partial charge in [0, 0.05) is 11.8 Å². The van der Waals surface area contributed by atoms with Crippen LogP contribution >= 0.6 is 0 Å². The topological polar surface area (TPSA) is 85.2 Å². The highest BCUT2D eigenvalue weighted by Crippen LogP contribution is 2.22. The average Bonchev–Trinajstić information content (AvgIpc) is 2.51. The smallest absolute Gasteiger partial charge is 0.354 e. The van der Waals surface area contributed by atoms with E-state index in [4.69, 9.17) is 10.5 Å². The van der Waals surface area contributed by atoms with Gasteiger partial charge in [0.2, 0.25) is 0 Å². The first-order chi connectivity index (χ1) is 10.6. The standard InChI is InChI=1S/C17H22N2O3/c1-3-5-6-11-7-8-12(18)15-14(20)10-13(19-16(11)15)17(21)22-9-4-2/h7-8,10H,3-6,9,18H2,1-2H3,(H,19,20). The number of aromatic nitrogens is 1. The summed E-state index contributed by atoms with van der Waals surface area (Å²) in [6, 6.07) is 4.92. The molecule has 1 heterocycles. The lowest BCUT2D eigenvalue weighted by atomic mass is 10.0. The van der Waals surface area contributed by atoms with Crippen molar-refractivity contribution < 1.29 is 9.53 Å². The summed E-state index contributed by atoms with van der Waals surface area (Å²) in [5.74, 6) is -0.510. The molecule has 3 N–H and O–H groups in total. The van der Waals surface area contributed by atoms with Crippen LogP contribution in [-0.4, -0.2) is 17.6 Å². The molecule has 22 heavy (non-hydrogen) atoms. The number of carbonyl (C=O) groups excluding carboxylic acids is 1. The number of carbonyl (C=O) groups is 1. The highest BCUT2D eigenvalue weighted by molar-refractivity contribution is 5.96. The Kier molecular flexibility index (Phi) is 5.20. The summed E-state index contributed by atoms with van der Waals surface area (Å²) < 4.78 is 5.09. The summed E-state index contributed by atoms with van der Waals surface area (Å²) in [6.45, 7) is 4.36. The number of anilines is 1. The summed E-state index contributed by atoms with van der Waals surface area (Å²) >= 11 is 0. The average molecular weight is 302 g/mol. The second kappa shape index (κ2) is 7.11. The first kappa shape index (κ1) is 16.1. The van der Waals surface area contributed by atoms with Gasteiger partial charge in [-0.2, -0.15) is 0 Å². The van der Waals surface area contributed by atoms with Gasteiger partial charge in [-0.15, -0.1) is 0 Å². The number of ether oxygens (including phenoxy) is 1. The first-order valence-corrected chi connectivity index (χ1v) is 7.70. The number of aryl methyl sites for hydroxylation is 1. The van der Waals surface area contributed by atoms with Gasteiger partial charge in [-0.05, 0) is 30.9 Å². The lowest BCUT2D eigenvalue weighted by Crippen LogP contribution is -2.15. The molecule has 5 nitrogen and oxygen atoms in total. The van der Waals surface area contributed by atoms with Gasteiger partial charge in [0.05, 0.1) is 17.5 Å². The van der Waals surface area contributed by atoms with E-state index in [9.17, 15) is 9.59 Å². The predicted molar refractivity (Wildman–Crippen MR) is 88.2 cm³/mol. The number of aromatic amines is 1. The molecule has 0 radical (unpaired) electrons. The number of unbranched alkanes of at least 4 members (excludes halogenated alkanes) is 1. The van der Waals surface area contributed by atoms with Crippen LogP contribution in [0, 0.1) is 0 Å². The van der Waals surface area contributed by atoms with E-state index in [1.165, 1.54) is 6.07 Å². The second-order valence-corrected chi connectivity index (χ2v) is 5.35. The minimum Gasteiger partial charge on any atom is -0.461 e. The minimum atomic E-state index is -0.510. The molecule has 0 aliphatic rings. The van der Waals surface area contributed by atoms with E-state index < -0.39 is 5.97 Å². The molecule has 0 bridgehead atoms. The van der Waals surface area contributed by atoms with Gasteiger partial charge in [0.1, 0.15) is 5.69 Å². The Morgan fingerprint density at radius 2 is 2.05 bits per heavy atom. The Hall–Kier alpha value is -2.30. The summed E-state index contributed by atoms with van der Waals surface area (Å²) in [6.07, 6.45) is 3.62. The third-order valence-electron chi connectivity index (χ3n) is 3.56. The number of nitrogens with one attached hydrogen (secondary N) is 1. The Morgan fingerprint density at radius 1 is 1.27 bits per heavy atom. The van der Waals surface area contributed by atoms with Crippen LogP contribution in [0.15, 0.2) is 23.0 Å². The molecule has 0 unspecified atom stereocenters. The van der Waals surface area contributed by atoms with E-state index in [-0.39, 0.29) is 11.1 Å². The van der Waals surface area contributed by atoms with Crippen molar-refractivity contribution in [2.24, 2.45) is 0 Å². The van der Waals surface area contributed by atoms with Crippen molar-refractivity contribution in [1.29, 1.82) is 0 Å². The first-order valence-electron chi connectivity index (χ1n) is 7.70. The monoisotopic (exact) mass is 302 g/mol. The number of benzene rings is 1. The molecule has 1 aromatic heterocycles. The molecule has 2 rings (SSSR count). The molecule has 0 amide bonds. The number of hydrogen-bond acceptors (Lipinski definition) is 4. The maximum Gasteiger partial charge on any atom is 0.354 e. The van der Waals surface area contributed by atoms with Crippen LogP contribution in [0.5, 0.6) is 0 Å². The van der Waals surface area contributed by atoms with Crippen LogP contribution in [0.25, 0.3) is 10.9 Å². The Labute approximate surface area is 129 Å². The van der Waals surface area contributed by atoms with Crippen molar-refractivity contribution in [2.45, 2.75) is 39.5 Å². The quantitative estimate of drug-likeness (QED) is 0.634. The number of fused-ring (bicyclic) bond motifs is 1. The zero-order chi connectivity index (χ0) is 16.1. The summed E-state index contributed by atoms with van der Waals surface area (Å²) in [7, 11) is 0. The zero-order valence-electron chi connectivity index (χ0n) is 13.1. The molecule has 0 aliphatic heterocycles. The molecule has 0 saturated heterocycles. The maximum absolute atomic E-state index is 12.3. The van der Waals surface area contributed by atoms with Crippen molar-refractivity contribution in [2.75, 3.05) is 12.3 Å². The van der Waals surface area contributed by atoms with E-state index in [0.29, 0.717) is 23.2 Å². The van der Waals surface area contributed by atoms with E-state index in [0.717, 1.165) is 31.2 Å². The number of esters is 1. The molecule has 0 aliphatic carbocycles. The van der Waals surface area contributed by atoms with Crippen molar-refractivity contribution in [3.8, 4) is 0 Å². The minimum absolute atomic E-state index is 0.175. The number of H-pyrrole nitrogens is 1.